The average molecular weight is 267 g/mol. The molecule has 0 bridgehead atoms. The van der Waals surface area contributed by atoms with Crippen LogP contribution in [0.3, 0.4) is 0 Å². The summed E-state index contributed by atoms with van der Waals surface area (Å²) in [5.74, 6) is 1.14. The molecule has 6 heteroatoms. The molecule has 0 atom stereocenters. The average Bonchev–Trinajstić information content (AvgIpc) is 2.99. The van der Waals surface area contributed by atoms with E-state index in [0.717, 1.165) is 31.2 Å². The number of nitrogens with zero attached hydrogens (tertiary/aromatic N) is 3. The Bertz CT molecular complexity index is 508. The molecule has 18 heavy (non-hydrogen) atoms. The van der Waals surface area contributed by atoms with Crippen molar-refractivity contribution in [2.24, 2.45) is 5.73 Å². The van der Waals surface area contributed by atoms with E-state index in [1.165, 1.54) is 0 Å². The van der Waals surface area contributed by atoms with Crippen LogP contribution >= 0.6 is 12.4 Å². The molecule has 2 aromatic heterocycles. The van der Waals surface area contributed by atoms with E-state index in [1.807, 2.05) is 12.1 Å². The Morgan fingerprint density at radius 3 is 2.50 bits per heavy atom. The van der Waals surface area contributed by atoms with E-state index >= 15 is 0 Å². The topological polar surface area (TPSA) is 77.8 Å². The summed E-state index contributed by atoms with van der Waals surface area (Å²) in [6, 6.07) is 3.71. The van der Waals surface area contributed by atoms with Crippen molar-refractivity contribution in [2.45, 2.75) is 31.2 Å². The summed E-state index contributed by atoms with van der Waals surface area (Å²) in [5.41, 5.74) is 6.74. The lowest BCUT2D eigenvalue weighted by atomic mass is 9.99. The molecule has 0 spiro atoms. The van der Waals surface area contributed by atoms with Crippen molar-refractivity contribution in [1.29, 1.82) is 0 Å². The highest BCUT2D eigenvalue weighted by Gasteiger charge is 2.36. The summed E-state index contributed by atoms with van der Waals surface area (Å²) < 4.78 is 5.30. The number of aromatic nitrogens is 3. The van der Waals surface area contributed by atoms with Crippen LogP contribution in [-0.2, 0) is 5.54 Å². The van der Waals surface area contributed by atoms with E-state index < -0.39 is 5.54 Å². The van der Waals surface area contributed by atoms with Gasteiger partial charge in [0, 0.05) is 18.0 Å². The third kappa shape index (κ3) is 2.23. The summed E-state index contributed by atoms with van der Waals surface area (Å²) >= 11 is 0. The van der Waals surface area contributed by atoms with Crippen molar-refractivity contribution in [3.63, 3.8) is 0 Å². The minimum atomic E-state index is -0.418. The first-order chi connectivity index (χ1) is 8.28. The van der Waals surface area contributed by atoms with Crippen molar-refractivity contribution in [3.8, 4) is 11.4 Å². The Kier molecular flexibility index (Phi) is 3.63. The highest BCUT2D eigenvalue weighted by atomic mass is 35.5. The summed E-state index contributed by atoms with van der Waals surface area (Å²) in [6.45, 7) is 0. The Labute approximate surface area is 111 Å². The zero-order valence-corrected chi connectivity index (χ0v) is 10.7. The first-order valence-corrected chi connectivity index (χ1v) is 5.81. The fourth-order valence-electron chi connectivity index (χ4n) is 2.26. The SMILES string of the molecule is Cl.NC1(c2nc(-c3ccncc3)no2)CCCC1. The molecule has 5 nitrogen and oxygen atoms in total. The Morgan fingerprint density at radius 2 is 1.83 bits per heavy atom. The van der Waals surface area contributed by atoms with Gasteiger partial charge in [-0.1, -0.05) is 18.0 Å². The fraction of sp³-hybridized carbons (Fsp3) is 0.417. The third-order valence-electron chi connectivity index (χ3n) is 3.29. The third-order valence-corrected chi connectivity index (χ3v) is 3.29. The van der Waals surface area contributed by atoms with Crippen LogP contribution in [0.4, 0.5) is 0 Å². The molecule has 1 aliphatic carbocycles. The van der Waals surface area contributed by atoms with E-state index in [-0.39, 0.29) is 12.4 Å². The number of hydrogen-bond donors (Lipinski definition) is 1. The zero-order valence-electron chi connectivity index (χ0n) is 9.87. The summed E-state index contributed by atoms with van der Waals surface area (Å²) in [6.07, 6.45) is 7.52. The Hall–Kier alpha value is -1.46. The molecule has 2 heterocycles. The lowest BCUT2D eigenvalue weighted by Crippen LogP contribution is -2.33. The lowest BCUT2D eigenvalue weighted by molar-refractivity contribution is 0.285. The summed E-state index contributed by atoms with van der Waals surface area (Å²) in [4.78, 5) is 8.36. The van der Waals surface area contributed by atoms with Crippen LogP contribution in [0, 0.1) is 0 Å². The molecule has 0 aromatic carbocycles. The van der Waals surface area contributed by atoms with Gasteiger partial charge in [-0.05, 0) is 25.0 Å². The van der Waals surface area contributed by atoms with Gasteiger partial charge in [-0.25, -0.2) is 0 Å². The molecule has 1 saturated carbocycles. The fourth-order valence-corrected chi connectivity index (χ4v) is 2.26. The predicted molar refractivity (Wildman–Crippen MR) is 69.1 cm³/mol. The largest absolute Gasteiger partial charge is 0.337 e. The minimum absolute atomic E-state index is 0. The maximum Gasteiger partial charge on any atom is 0.247 e. The normalized spacial score (nSPS) is 17.4. The molecule has 2 N–H and O–H groups in total. The van der Waals surface area contributed by atoms with Gasteiger partial charge in [0.25, 0.3) is 0 Å². The Morgan fingerprint density at radius 1 is 1.17 bits per heavy atom. The maximum atomic E-state index is 6.26. The minimum Gasteiger partial charge on any atom is -0.337 e. The molecule has 0 unspecified atom stereocenters. The molecule has 0 aliphatic heterocycles. The number of hydrogen-bond acceptors (Lipinski definition) is 5. The predicted octanol–water partition coefficient (Wildman–Crippen LogP) is 2.28. The van der Waals surface area contributed by atoms with Crippen LogP contribution in [0.2, 0.25) is 0 Å². The van der Waals surface area contributed by atoms with Crippen LogP contribution in [0.15, 0.2) is 29.0 Å². The first kappa shape index (κ1) is 13.0. The van der Waals surface area contributed by atoms with Crippen LogP contribution in [0.1, 0.15) is 31.6 Å². The lowest BCUT2D eigenvalue weighted by Gasteiger charge is -2.17. The van der Waals surface area contributed by atoms with Gasteiger partial charge in [-0.3, -0.25) is 4.98 Å². The van der Waals surface area contributed by atoms with E-state index in [1.54, 1.807) is 12.4 Å². The molecule has 1 fully saturated rings. The number of rotatable bonds is 2. The summed E-state index contributed by atoms with van der Waals surface area (Å²) in [7, 11) is 0. The number of nitrogens with two attached hydrogens (primary N) is 1. The second-order valence-corrected chi connectivity index (χ2v) is 4.52. The van der Waals surface area contributed by atoms with Gasteiger partial charge in [0.05, 0.1) is 5.54 Å². The number of pyridine rings is 1. The summed E-state index contributed by atoms with van der Waals surface area (Å²) in [5, 5.41) is 3.98. The zero-order chi connectivity index (χ0) is 11.7. The molecule has 0 amide bonds. The maximum absolute atomic E-state index is 6.26. The van der Waals surface area contributed by atoms with Gasteiger partial charge in [-0.15, -0.1) is 12.4 Å². The van der Waals surface area contributed by atoms with E-state index in [0.29, 0.717) is 11.7 Å². The molecule has 0 radical (unpaired) electrons. The highest BCUT2D eigenvalue weighted by Crippen LogP contribution is 2.35. The van der Waals surface area contributed by atoms with Gasteiger partial charge in [0.1, 0.15) is 0 Å². The molecule has 1 aliphatic rings. The van der Waals surface area contributed by atoms with E-state index in [4.69, 9.17) is 10.3 Å². The van der Waals surface area contributed by atoms with Crippen molar-refractivity contribution in [3.05, 3.63) is 30.4 Å². The van der Waals surface area contributed by atoms with Crippen molar-refractivity contribution in [2.75, 3.05) is 0 Å². The van der Waals surface area contributed by atoms with Crippen molar-refractivity contribution in [1.82, 2.24) is 15.1 Å². The molecular weight excluding hydrogens is 252 g/mol. The van der Waals surface area contributed by atoms with Gasteiger partial charge in [-0.2, -0.15) is 4.98 Å². The number of halogens is 1. The van der Waals surface area contributed by atoms with Gasteiger partial charge < -0.3 is 10.3 Å². The second kappa shape index (κ2) is 5.04. The highest BCUT2D eigenvalue weighted by molar-refractivity contribution is 5.85. The molecule has 3 rings (SSSR count). The molecular formula is C12H15ClN4O. The van der Waals surface area contributed by atoms with Gasteiger partial charge in [0.2, 0.25) is 11.7 Å². The molecule has 2 aromatic rings. The molecule has 0 saturated heterocycles. The molecule has 96 valence electrons. The Balaban J connectivity index is 0.00000120. The smallest absolute Gasteiger partial charge is 0.247 e. The van der Waals surface area contributed by atoms with Gasteiger partial charge in [0.15, 0.2) is 0 Å². The quantitative estimate of drug-likeness (QED) is 0.902. The van der Waals surface area contributed by atoms with E-state index in [2.05, 4.69) is 15.1 Å². The van der Waals surface area contributed by atoms with Crippen LogP contribution in [0.5, 0.6) is 0 Å². The van der Waals surface area contributed by atoms with E-state index in [9.17, 15) is 0 Å². The standard InChI is InChI=1S/C12H14N4O.ClH/c13-12(5-1-2-6-12)11-15-10(16-17-11)9-3-7-14-8-4-9;/h3-4,7-8H,1-2,5-6,13H2;1H. The van der Waals surface area contributed by atoms with Crippen LogP contribution in [0.25, 0.3) is 11.4 Å². The van der Waals surface area contributed by atoms with Crippen LogP contribution in [-0.4, -0.2) is 15.1 Å². The van der Waals surface area contributed by atoms with Crippen LogP contribution < -0.4 is 5.73 Å². The monoisotopic (exact) mass is 266 g/mol. The van der Waals surface area contributed by atoms with Gasteiger partial charge >= 0.3 is 0 Å². The van der Waals surface area contributed by atoms with Crippen molar-refractivity contribution < 1.29 is 4.52 Å². The van der Waals surface area contributed by atoms with Crippen molar-refractivity contribution >= 4 is 12.4 Å². The first-order valence-electron chi connectivity index (χ1n) is 5.81. The second-order valence-electron chi connectivity index (χ2n) is 4.52.